The van der Waals surface area contributed by atoms with Gasteiger partial charge in [0.05, 0.1) is 10.1 Å². The van der Waals surface area contributed by atoms with Crippen LogP contribution in [0.2, 0.25) is 0 Å². The first kappa shape index (κ1) is 12.9. The lowest BCUT2D eigenvalue weighted by atomic mass is 10.4. The number of alkyl halides is 1. The zero-order chi connectivity index (χ0) is 12.2. The van der Waals surface area contributed by atoms with Gasteiger partial charge in [-0.25, -0.2) is 13.4 Å². The Morgan fingerprint density at radius 1 is 1.62 bits per heavy atom. The highest BCUT2D eigenvalue weighted by molar-refractivity contribution is 7.92. The van der Waals surface area contributed by atoms with Crippen molar-refractivity contribution in [3.63, 3.8) is 0 Å². The Morgan fingerprint density at radius 3 is 2.88 bits per heavy atom. The second-order valence-electron chi connectivity index (χ2n) is 3.32. The molecular formula is C10H11ClN2O2S. The molecule has 1 aromatic heterocycles. The second-order valence-corrected chi connectivity index (χ2v) is 6.07. The van der Waals surface area contributed by atoms with Gasteiger partial charge in [-0.2, -0.15) is 5.26 Å². The topological polar surface area (TPSA) is 70.8 Å². The van der Waals surface area contributed by atoms with Crippen LogP contribution in [0.3, 0.4) is 0 Å². The van der Waals surface area contributed by atoms with E-state index in [1.165, 1.54) is 18.3 Å². The van der Waals surface area contributed by atoms with Gasteiger partial charge in [0.25, 0.3) is 0 Å². The molecule has 1 rings (SSSR count). The summed E-state index contributed by atoms with van der Waals surface area (Å²) >= 11 is 5.52. The Balaban J connectivity index is 3.13. The molecule has 1 atom stereocenters. The maximum atomic E-state index is 12.0. The summed E-state index contributed by atoms with van der Waals surface area (Å²) < 4.78 is 24.0. The van der Waals surface area contributed by atoms with E-state index in [0.717, 1.165) is 0 Å². The van der Waals surface area contributed by atoms with Gasteiger partial charge in [-0.1, -0.05) is 0 Å². The number of rotatable bonds is 4. The van der Waals surface area contributed by atoms with E-state index in [9.17, 15) is 8.42 Å². The summed E-state index contributed by atoms with van der Waals surface area (Å²) in [7, 11) is -3.41. The Kier molecular flexibility index (Phi) is 4.27. The first-order valence-corrected chi connectivity index (χ1v) is 6.76. The monoisotopic (exact) mass is 258 g/mol. The third kappa shape index (κ3) is 2.71. The summed E-state index contributed by atoms with van der Waals surface area (Å²) in [5.41, 5.74) is 0.0964. The van der Waals surface area contributed by atoms with Crippen molar-refractivity contribution >= 4 is 21.4 Å². The number of pyridine rings is 1. The van der Waals surface area contributed by atoms with Crippen molar-refractivity contribution in [3.05, 3.63) is 24.0 Å². The molecule has 0 fully saturated rings. The average Bonchev–Trinajstić information content (AvgIpc) is 2.29. The van der Waals surface area contributed by atoms with Crippen LogP contribution in [-0.4, -0.2) is 24.5 Å². The molecule has 86 valence electrons. The maximum absolute atomic E-state index is 12.0. The minimum Gasteiger partial charge on any atom is -0.245 e. The molecule has 0 spiro atoms. The summed E-state index contributed by atoms with van der Waals surface area (Å²) in [5, 5.41) is 8.08. The van der Waals surface area contributed by atoms with Crippen molar-refractivity contribution in [2.24, 2.45) is 0 Å². The van der Waals surface area contributed by atoms with Gasteiger partial charge in [0.15, 0.2) is 9.84 Å². The third-order valence-electron chi connectivity index (χ3n) is 2.22. The fraction of sp³-hybridized carbons (Fsp3) is 0.400. The summed E-state index contributed by atoms with van der Waals surface area (Å²) in [6, 6.07) is 4.48. The number of sulfone groups is 1. The van der Waals surface area contributed by atoms with Gasteiger partial charge in [-0.15, -0.1) is 11.6 Å². The van der Waals surface area contributed by atoms with E-state index in [2.05, 4.69) is 4.98 Å². The molecule has 1 heterocycles. The summed E-state index contributed by atoms with van der Waals surface area (Å²) in [5.74, 6) is 0.288. The summed E-state index contributed by atoms with van der Waals surface area (Å²) in [6.45, 7) is 1.60. The van der Waals surface area contributed by atoms with E-state index in [0.29, 0.717) is 6.42 Å². The number of hydrogen-bond donors (Lipinski definition) is 0. The van der Waals surface area contributed by atoms with Crippen LogP contribution in [0.1, 0.15) is 19.0 Å². The molecule has 0 saturated heterocycles. The summed E-state index contributed by atoms with van der Waals surface area (Å²) in [6.07, 6.45) is 1.70. The molecule has 0 aliphatic heterocycles. The van der Waals surface area contributed by atoms with Crippen LogP contribution in [0, 0.1) is 11.3 Å². The lowest BCUT2D eigenvalue weighted by Gasteiger charge is -2.11. The normalized spacial score (nSPS) is 13.1. The maximum Gasteiger partial charge on any atom is 0.181 e. The zero-order valence-electron chi connectivity index (χ0n) is 8.72. The molecule has 1 aromatic rings. The van der Waals surface area contributed by atoms with Crippen LogP contribution < -0.4 is 0 Å². The number of nitrogens with zero attached hydrogens (tertiary/aromatic N) is 2. The fourth-order valence-corrected chi connectivity index (χ4v) is 3.07. The van der Waals surface area contributed by atoms with Gasteiger partial charge in [0.2, 0.25) is 0 Å². The fourth-order valence-electron chi connectivity index (χ4n) is 1.19. The van der Waals surface area contributed by atoms with Crippen molar-refractivity contribution in [2.45, 2.75) is 23.5 Å². The summed E-state index contributed by atoms with van der Waals surface area (Å²) in [4.78, 5) is 3.85. The van der Waals surface area contributed by atoms with Crippen LogP contribution in [0.15, 0.2) is 23.2 Å². The molecule has 0 aromatic carbocycles. The predicted octanol–water partition coefficient (Wildman–Crippen LogP) is 1.74. The van der Waals surface area contributed by atoms with Crippen molar-refractivity contribution in [1.82, 2.24) is 4.98 Å². The number of nitriles is 1. The lowest BCUT2D eigenvalue weighted by molar-refractivity contribution is 0.581. The largest absolute Gasteiger partial charge is 0.245 e. The quantitative estimate of drug-likeness (QED) is 0.772. The second kappa shape index (κ2) is 5.28. The van der Waals surface area contributed by atoms with Crippen molar-refractivity contribution < 1.29 is 8.42 Å². The highest BCUT2D eigenvalue weighted by atomic mass is 35.5. The van der Waals surface area contributed by atoms with Crippen LogP contribution in [-0.2, 0) is 9.84 Å². The first-order chi connectivity index (χ1) is 7.52. The van der Waals surface area contributed by atoms with Crippen LogP contribution in [0.4, 0.5) is 0 Å². The molecule has 0 radical (unpaired) electrons. The molecule has 6 heteroatoms. The highest BCUT2D eigenvalue weighted by Gasteiger charge is 2.23. The molecule has 0 aliphatic rings. The SMILES string of the molecule is CC(CCCl)S(=O)(=O)c1ccnc(C#N)c1. The van der Waals surface area contributed by atoms with Gasteiger partial charge < -0.3 is 0 Å². The van der Waals surface area contributed by atoms with Crippen LogP contribution in [0.5, 0.6) is 0 Å². The third-order valence-corrected chi connectivity index (χ3v) is 4.64. The lowest BCUT2D eigenvalue weighted by Crippen LogP contribution is -2.18. The van der Waals surface area contributed by atoms with Gasteiger partial charge in [-0.3, -0.25) is 0 Å². The molecule has 0 amide bonds. The molecule has 16 heavy (non-hydrogen) atoms. The van der Waals surface area contributed by atoms with Crippen molar-refractivity contribution in [1.29, 1.82) is 5.26 Å². The molecule has 4 nitrogen and oxygen atoms in total. The molecule has 0 N–H and O–H groups in total. The van der Waals surface area contributed by atoms with E-state index < -0.39 is 15.1 Å². The van der Waals surface area contributed by atoms with E-state index in [4.69, 9.17) is 16.9 Å². The first-order valence-electron chi connectivity index (χ1n) is 4.68. The van der Waals surface area contributed by atoms with E-state index >= 15 is 0 Å². The highest BCUT2D eigenvalue weighted by Crippen LogP contribution is 2.18. The van der Waals surface area contributed by atoms with Crippen LogP contribution in [0.25, 0.3) is 0 Å². The Labute approximate surface area is 99.8 Å². The van der Waals surface area contributed by atoms with Gasteiger partial charge >= 0.3 is 0 Å². The van der Waals surface area contributed by atoms with Crippen molar-refractivity contribution in [3.8, 4) is 6.07 Å². The minimum atomic E-state index is -3.41. The molecule has 1 unspecified atom stereocenters. The van der Waals surface area contributed by atoms with Gasteiger partial charge in [-0.05, 0) is 25.5 Å². The minimum absolute atomic E-state index is 0.0964. The number of aromatic nitrogens is 1. The Bertz CT molecular complexity index is 508. The van der Waals surface area contributed by atoms with Gasteiger partial charge in [0, 0.05) is 12.1 Å². The molecule has 0 saturated carbocycles. The zero-order valence-corrected chi connectivity index (χ0v) is 10.3. The molecular weight excluding hydrogens is 248 g/mol. The van der Waals surface area contributed by atoms with Gasteiger partial charge in [0.1, 0.15) is 11.8 Å². The average molecular weight is 259 g/mol. The van der Waals surface area contributed by atoms with E-state index in [1.807, 2.05) is 6.07 Å². The number of halogens is 1. The smallest absolute Gasteiger partial charge is 0.181 e. The van der Waals surface area contributed by atoms with E-state index in [1.54, 1.807) is 6.92 Å². The molecule has 0 aliphatic carbocycles. The van der Waals surface area contributed by atoms with Crippen LogP contribution >= 0.6 is 11.6 Å². The molecule has 0 bridgehead atoms. The van der Waals surface area contributed by atoms with Crippen molar-refractivity contribution in [2.75, 3.05) is 5.88 Å². The standard InChI is InChI=1S/C10H11ClN2O2S/c1-8(2-4-11)16(14,15)10-3-5-13-9(6-10)7-12/h3,5-6,8H,2,4H2,1H3. The Morgan fingerprint density at radius 2 is 2.31 bits per heavy atom. The van der Waals surface area contributed by atoms with E-state index in [-0.39, 0.29) is 16.5 Å². The number of hydrogen-bond acceptors (Lipinski definition) is 4. The predicted molar refractivity (Wildman–Crippen MR) is 60.9 cm³/mol. The Hall–Kier alpha value is -1.12.